The second kappa shape index (κ2) is 7.56. The second-order valence-corrected chi connectivity index (χ2v) is 6.42. The topological polar surface area (TPSA) is 74.3 Å². The third-order valence-electron chi connectivity index (χ3n) is 3.39. The average molecular weight is 300 g/mol. The fraction of sp³-hybridized carbons (Fsp3) is 0.615. The van der Waals surface area contributed by atoms with Crippen LogP contribution in [0.25, 0.3) is 0 Å². The van der Waals surface area contributed by atoms with Gasteiger partial charge in [0.15, 0.2) is 5.03 Å². The van der Waals surface area contributed by atoms with Crippen LogP contribution in [0.3, 0.4) is 0 Å². The van der Waals surface area contributed by atoms with Crippen molar-refractivity contribution in [1.82, 2.24) is 14.6 Å². The van der Waals surface area contributed by atoms with Crippen LogP contribution in [0.2, 0.25) is 0 Å². The second-order valence-electron chi connectivity index (χ2n) is 4.74. The van der Waals surface area contributed by atoms with Gasteiger partial charge in [-0.2, -0.15) is 0 Å². The van der Waals surface area contributed by atoms with E-state index in [1.54, 1.807) is 19.2 Å². The van der Waals surface area contributed by atoms with Crippen molar-refractivity contribution in [2.75, 3.05) is 32.5 Å². The van der Waals surface area contributed by atoms with Crippen LogP contribution >= 0.6 is 0 Å². The molecular weight excluding hydrogens is 276 g/mol. The van der Waals surface area contributed by atoms with E-state index in [9.17, 15) is 8.42 Å². The van der Waals surface area contributed by atoms with Gasteiger partial charge in [0.25, 0.3) is 10.0 Å². The van der Waals surface area contributed by atoms with E-state index in [1.165, 1.54) is 6.20 Å². The fourth-order valence-electron chi connectivity index (χ4n) is 1.75. The summed E-state index contributed by atoms with van der Waals surface area (Å²) in [6, 6.07) is 3.82. The molecule has 1 aromatic rings. The molecule has 1 atom stereocenters. The largest absolute Gasteiger partial charge is 0.386 e. The summed E-state index contributed by atoms with van der Waals surface area (Å²) in [7, 11) is 0.0803. The highest BCUT2D eigenvalue weighted by atomic mass is 32.2. The van der Waals surface area contributed by atoms with Gasteiger partial charge in [-0.05, 0) is 32.5 Å². The van der Waals surface area contributed by atoms with Gasteiger partial charge in [-0.15, -0.1) is 0 Å². The number of pyridine rings is 1. The van der Waals surface area contributed by atoms with Gasteiger partial charge in [-0.1, -0.05) is 6.92 Å². The third-order valence-corrected chi connectivity index (χ3v) is 4.81. The van der Waals surface area contributed by atoms with Crippen LogP contribution in [0.1, 0.15) is 20.3 Å². The minimum absolute atomic E-state index is 0.0358. The van der Waals surface area contributed by atoms with Gasteiger partial charge >= 0.3 is 0 Å². The van der Waals surface area contributed by atoms with Crippen molar-refractivity contribution in [3.8, 4) is 0 Å². The molecule has 114 valence electrons. The van der Waals surface area contributed by atoms with Crippen molar-refractivity contribution < 1.29 is 8.42 Å². The lowest BCUT2D eigenvalue weighted by atomic mass is 10.2. The Kier molecular flexibility index (Phi) is 6.38. The number of aromatic nitrogens is 1. The zero-order valence-electron chi connectivity index (χ0n) is 12.5. The van der Waals surface area contributed by atoms with Gasteiger partial charge in [0.1, 0.15) is 0 Å². The maximum absolute atomic E-state index is 12.2. The Hall–Kier alpha value is -1.18. The number of likely N-dealkylation sites (N-methyl/N-ethyl adjacent to an activating group) is 1. The van der Waals surface area contributed by atoms with E-state index in [1.807, 2.05) is 7.05 Å². The molecular formula is C13H24N4O2S. The molecule has 1 rings (SSSR count). The van der Waals surface area contributed by atoms with E-state index < -0.39 is 10.0 Å². The van der Waals surface area contributed by atoms with Gasteiger partial charge in [-0.25, -0.2) is 18.1 Å². The molecule has 7 heteroatoms. The van der Waals surface area contributed by atoms with Crippen LogP contribution in [0.4, 0.5) is 5.69 Å². The fourth-order valence-corrected chi connectivity index (χ4v) is 2.91. The van der Waals surface area contributed by atoms with Crippen molar-refractivity contribution >= 4 is 15.7 Å². The Morgan fingerprint density at radius 2 is 2.15 bits per heavy atom. The normalized spacial score (nSPS) is 13.4. The summed E-state index contributed by atoms with van der Waals surface area (Å²) in [5, 5.41) is 2.87. The lowest BCUT2D eigenvalue weighted by Crippen LogP contribution is -2.37. The smallest absolute Gasteiger partial charge is 0.260 e. The summed E-state index contributed by atoms with van der Waals surface area (Å²) >= 11 is 0. The summed E-state index contributed by atoms with van der Waals surface area (Å²) in [6.07, 6.45) is 2.51. The number of hydrogen-bond donors (Lipinski definition) is 2. The monoisotopic (exact) mass is 300 g/mol. The Bertz CT molecular complexity index is 519. The highest BCUT2D eigenvalue weighted by molar-refractivity contribution is 7.89. The first kappa shape index (κ1) is 16.9. The molecule has 0 amide bonds. The minimum atomic E-state index is -3.58. The molecule has 1 aromatic heterocycles. The average Bonchev–Trinajstić information content (AvgIpc) is 2.45. The van der Waals surface area contributed by atoms with E-state index in [2.05, 4.69) is 33.8 Å². The number of anilines is 1. The zero-order chi connectivity index (χ0) is 15.2. The van der Waals surface area contributed by atoms with Crippen molar-refractivity contribution in [2.24, 2.45) is 0 Å². The molecule has 20 heavy (non-hydrogen) atoms. The third kappa shape index (κ3) is 4.43. The van der Waals surface area contributed by atoms with Crippen LogP contribution < -0.4 is 10.0 Å². The molecule has 0 aliphatic rings. The number of hydrogen-bond acceptors (Lipinski definition) is 5. The molecule has 1 heterocycles. The van der Waals surface area contributed by atoms with Crippen molar-refractivity contribution in [2.45, 2.75) is 31.3 Å². The maximum Gasteiger partial charge on any atom is 0.260 e. The van der Waals surface area contributed by atoms with Crippen LogP contribution in [-0.4, -0.2) is 51.5 Å². The van der Waals surface area contributed by atoms with Crippen LogP contribution in [-0.2, 0) is 10.0 Å². The van der Waals surface area contributed by atoms with Crippen molar-refractivity contribution in [1.29, 1.82) is 0 Å². The van der Waals surface area contributed by atoms with Crippen molar-refractivity contribution in [3.63, 3.8) is 0 Å². The van der Waals surface area contributed by atoms with E-state index >= 15 is 0 Å². The van der Waals surface area contributed by atoms with Gasteiger partial charge in [-0.3, -0.25) is 0 Å². The standard InChI is InChI=1S/C13H24N4O2S/c1-5-11(2)17(4)10-9-16-20(18,19)13-12(14-3)7-6-8-15-13/h6-8,11,14,16H,5,9-10H2,1-4H3. The summed E-state index contributed by atoms with van der Waals surface area (Å²) in [5.41, 5.74) is 0.496. The molecule has 0 radical (unpaired) electrons. The van der Waals surface area contributed by atoms with Crippen LogP contribution in [0, 0.1) is 0 Å². The highest BCUT2D eigenvalue weighted by Gasteiger charge is 2.19. The van der Waals surface area contributed by atoms with Gasteiger partial charge < -0.3 is 10.2 Å². The predicted octanol–water partition coefficient (Wildman–Crippen LogP) is 1.13. The van der Waals surface area contributed by atoms with Gasteiger partial charge in [0.05, 0.1) is 5.69 Å². The molecule has 0 aromatic carbocycles. The first-order valence-corrected chi connectivity index (χ1v) is 8.23. The molecule has 0 fully saturated rings. The van der Waals surface area contributed by atoms with Gasteiger partial charge in [0.2, 0.25) is 0 Å². The van der Waals surface area contributed by atoms with E-state index in [0.29, 0.717) is 24.8 Å². The Balaban J connectivity index is 2.67. The van der Waals surface area contributed by atoms with Crippen LogP contribution in [0.5, 0.6) is 0 Å². The lowest BCUT2D eigenvalue weighted by molar-refractivity contribution is 0.256. The van der Waals surface area contributed by atoms with E-state index in [-0.39, 0.29) is 5.03 Å². The zero-order valence-corrected chi connectivity index (χ0v) is 13.4. The maximum atomic E-state index is 12.2. The molecule has 0 spiro atoms. The molecule has 0 bridgehead atoms. The molecule has 1 unspecified atom stereocenters. The SMILES string of the molecule is CCC(C)N(C)CCNS(=O)(=O)c1ncccc1NC. The lowest BCUT2D eigenvalue weighted by Gasteiger charge is -2.23. The Morgan fingerprint density at radius 1 is 1.45 bits per heavy atom. The molecule has 6 nitrogen and oxygen atoms in total. The Morgan fingerprint density at radius 3 is 2.75 bits per heavy atom. The quantitative estimate of drug-likeness (QED) is 0.753. The van der Waals surface area contributed by atoms with Crippen LogP contribution in [0.15, 0.2) is 23.4 Å². The number of nitrogens with one attached hydrogen (secondary N) is 2. The molecule has 0 aliphatic heterocycles. The summed E-state index contributed by atoms with van der Waals surface area (Å²) in [4.78, 5) is 6.07. The molecule has 0 aliphatic carbocycles. The number of sulfonamides is 1. The summed E-state index contributed by atoms with van der Waals surface area (Å²) < 4.78 is 27.0. The van der Waals surface area contributed by atoms with E-state index in [4.69, 9.17) is 0 Å². The van der Waals surface area contributed by atoms with Gasteiger partial charge in [0, 0.05) is 32.4 Å². The first-order valence-electron chi connectivity index (χ1n) is 6.75. The highest BCUT2D eigenvalue weighted by Crippen LogP contribution is 2.16. The predicted molar refractivity (Wildman–Crippen MR) is 81.4 cm³/mol. The molecule has 0 saturated carbocycles. The molecule has 0 saturated heterocycles. The van der Waals surface area contributed by atoms with E-state index in [0.717, 1.165) is 6.42 Å². The van der Waals surface area contributed by atoms with Crippen molar-refractivity contribution in [3.05, 3.63) is 18.3 Å². The minimum Gasteiger partial charge on any atom is -0.386 e. The number of nitrogens with zero attached hydrogens (tertiary/aromatic N) is 2. The number of rotatable bonds is 8. The molecule has 2 N–H and O–H groups in total. The summed E-state index contributed by atoms with van der Waals surface area (Å²) in [5.74, 6) is 0. The summed E-state index contributed by atoms with van der Waals surface area (Å²) in [6.45, 7) is 5.25. The Labute approximate surface area is 121 Å². The first-order chi connectivity index (χ1) is 9.42.